The third kappa shape index (κ3) is 4.08. The zero-order valence-electron chi connectivity index (χ0n) is 15.4. The number of nitrogens with zero attached hydrogens (tertiary/aromatic N) is 4. The van der Waals surface area contributed by atoms with Gasteiger partial charge in [0.1, 0.15) is 5.82 Å². The molecule has 1 saturated heterocycles. The first-order valence-corrected chi connectivity index (χ1v) is 9.07. The number of carbonyl (C=O) groups is 2. The topological polar surface area (TPSA) is 91.6 Å². The Morgan fingerprint density at radius 2 is 1.72 bits per heavy atom. The number of anilines is 2. The van der Waals surface area contributed by atoms with E-state index >= 15 is 0 Å². The normalized spacial score (nSPS) is 14.0. The molecule has 1 aliphatic heterocycles. The molecular formula is C20H18FN5O3. The Morgan fingerprint density at radius 1 is 1.00 bits per heavy atom. The minimum absolute atomic E-state index is 0.0962. The molecule has 0 aliphatic carbocycles. The Kier molecular flexibility index (Phi) is 5.19. The second kappa shape index (κ2) is 8.09. The number of amides is 2. The van der Waals surface area contributed by atoms with Crippen LogP contribution in [-0.2, 0) is 0 Å². The van der Waals surface area contributed by atoms with Crippen molar-refractivity contribution in [2.24, 2.45) is 0 Å². The van der Waals surface area contributed by atoms with Crippen LogP contribution in [-0.4, -0.2) is 52.9 Å². The molecule has 3 aromatic rings. The average Bonchev–Trinajstić information content (AvgIpc) is 3.30. The minimum atomic E-state index is -0.514. The lowest BCUT2D eigenvalue weighted by Crippen LogP contribution is -2.49. The van der Waals surface area contributed by atoms with Gasteiger partial charge >= 0.3 is 0 Å². The zero-order valence-corrected chi connectivity index (χ0v) is 15.4. The van der Waals surface area contributed by atoms with Gasteiger partial charge in [0, 0.05) is 38.6 Å². The van der Waals surface area contributed by atoms with Crippen LogP contribution in [0.15, 0.2) is 59.5 Å². The Morgan fingerprint density at radius 3 is 2.38 bits per heavy atom. The number of hydrogen-bond donors (Lipinski definition) is 1. The first kappa shape index (κ1) is 18.6. The summed E-state index contributed by atoms with van der Waals surface area (Å²) >= 11 is 0. The number of rotatable bonds is 4. The van der Waals surface area contributed by atoms with E-state index in [2.05, 4.69) is 15.3 Å². The largest absolute Gasteiger partial charge is 0.459 e. The van der Waals surface area contributed by atoms with Crippen molar-refractivity contribution in [2.45, 2.75) is 0 Å². The third-order valence-electron chi connectivity index (χ3n) is 4.60. The molecule has 1 fully saturated rings. The lowest BCUT2D eigenvalue weighted by Gasteiger charge is -2.34. The van der Waals surface area contributed by atoms with E-state index in [0.717, 1.165) is 0 Å². The third-order valence-corrected chi connectivity index (χ3v) is 4.60. The highest BCUT2D eigenvalue weighted by Crippen LogP contribution is 2.16. The van der Waals surface area contributed by atoms with Gasteiger partial charge in [-0.05, 0) is 24.3 Å². The molecule has 2 amide bonds. The molecule has 0 bridgehead atoms. The fraction of sp³-hybridized carbons (Fsp3) is 0.200. The molecule has 2 aromatic heterocycles. The van der Waals surface area contributed by atoms with Gasteiger partial charge in [-0.3, -0.25) is 9.59 Å². The molecule has 3 heterocycles. The molecule has 0 spiro atoms. The average molecular weight is 395 g/mol. The molecule has 0 saturated carbocycles. The predicted molar refractivity (Wildman–Crippen MR) is 103 cm³/mol. The maximum absolute atomic E-state index is 13.7. The van der Waals surface area contributed by atoms with Crippen LogP contribution in [0.4, 0.5) is 16.0 Å². The zero-order chi connectivity index (χ0) is 20.2. The molecule has 0 atom stereocenters. The van der Waals surface area contributed by atoms with Crippen LogP contribution in [0.25, 0.3) is 0 Å². The van der Waals surface area contributed by atoms with E-state index in [-0.39, 0.29) is 17.2 Å². The van der Waals surface area contributed by atoms with Crippen molar-refractivity contribution in [3.63, 3.8) is 0 Å². The van der Waals surface area contributed by atoms with Gasteiger partial charge in [0.15, 0.2) is 5.76 Å². The summed E-state index contributed by atoms with van der Waals surface area (Å²) in [5, 5.41) is 2.50. The van der Waals surface area contributed by atoms with Gasteiger partial charge < -0.3 is 19.5 Å². The quantitative estimate of drug-likeness (QED) is 0.730. The fourth-order valence-electron chi connectivity index (χ4n) is 3.02. The predicted octanol–water partition coefficient (Wildman–Crippen LogP) is 2.42. The highest BCUT2D eigenvalue weighted by Gasteiger charge is 2.25. The second-order valence-electron chi connectivity index (χ2n) is 6.46. The Balaban J connectivity index is 1.35. The number of nitrogens with one attached hydrogen (secondary N) is 1. The number of furan rings is 1. The minimum Gasteiger partial charge on any atom is -0.459 e. The van der Waals surface area contributed by atoms with Crippen LogP contribution < -0.4 is 10.2 Å². The number of para-hydroxylation sites is 1. The molecule has 0 radical (unpaired) electrons. The first-order chi connectivity index (χ1) is 14.1. The van der Waals surface area contributed by atoms with Gasteiger partial charge in [0.2, 0.25) is 5.95 Å². The van der Waals surface area contributed by atoms with E-state index < -0.39 is 11.7 Å². The summed E-state index contributed by atoms with van der Waals surface area (Å²) in [5.41, 5.74) is 0.322. The maximum Gasteiger partial charge on any atom is 0.289 e. The van der Waals surface area contributed by atoms with Gasteiger partial charge in [-0.25, -0.2) is 14.4 Å². The molecule has 1 aromatic carbocycles. The SMILES string of the molecule is O=C(Nc1ccccc1F)c1cnc(N2CCN(C(=O)c3ccco3)CC2)nc1. The van der Waals surface area contributed by atoms with Crippen LogP contribution >= 0.6 is 0 Å². The summed E-state index contributed by atoms with van der Waals surface area (Å²) < 4.78 is 18.8. The number of aromatic nitrogens is 2. The number of benzene rings is 1. The first-order valence-electron chi connectivity index (χ1n) is 9.07. The van der Waals surface area contributed by atoms with Crippen LogP contribution in [0.2, 0.25) is 0 Å². The number of halogens is 1. The molecule has 0 unspecified atom stereocenters. The highest BCUT2D eigenvalue weighted by atomic mass is 19.1. The van der Waals surface area contributed by atoms with Crippen molar-refractivity contribution in [3.8, 4) is 0 Å². The summed E-state index contributed by atoms with van der Waals surface area (Å²) in [6.45, 7) is 2.15. The Bertz CT molecular complexity index is 999. The van der Waals surface area contributed by atoms with Gasteiger partial charge in [-0.15, -0.1) is 0 Å². The second-order valence-corrected chi connectivity index (χ2v) is 6.46. The van der Waals surface area contributed by atoms with Gasteiger partial charge in [0.25, 0.3) is 11.8 Å². The van der Waals surface area contributed by atoms with Gasteiger partial charge in [-0.2, -0.15) is 0 Å². The van der Waals surface area contributed by atoms with Crippen LogP contribution in [0.1, 0.15) is 20.9 Å². The van der Waals surface area contributed by atoms with E-state index in [1.54, 1.807) is 29.2 Å². The van der Waals surface area contributed by atoms with E-state index in [0.29, 0.717) is 37.9 Å². The smallest absolute Gasteiger partial charge is 0.289 e. The Labute approximate surface area is 166 Å². The molecular weight excluding hydrogens is 377 g/mol. The molecule has 9 heteroatoms. The fourth-order valence-corrected chi connectivity index (χ4v) is 3.02. The van der Waals surface area contributed by atoms with E-state index in [1.165, 1.54) is 30.8 Å². The summed E-state index contributed by atoms with van der Waals surface area (Å²) in [5.74, 6) is -0.357. The van der Waals surface area contributed by atoms with E-state index in [1.807, 2.05) is 4.90 Å². The molecule has 8 nitrogen and oxygen atoms in total. The summed E-state index contributed by atoms with van der Waals surface area (Å²) in [6, 6.07) is 9.25. The van der Waals surface area contributed by atoms with Crippen LogP contribution in [0.3, 0.4) is 0 Å². The standard InChI is InChI=1S/C20H18FN5O3/c21-15-4-1-2-5-16(15)24-18(27)14-12-22-20(23-13-14)26-9-7-25(8-10-26)19(28)17-6-3-11-29-17/h1-6,11-13H,7-10H2,(H,24,27). The molecule has 1 aliphatic rings. The van der Waals surface area contributed by atoms with Crippen molar-refractivity contribution >= 4 is 23.5 Å². The lowest BCUT2D eigenvalue weighted by molar-refractivity contribution is 0.0714. The number of carbonyl (C=O) groups excluding carboxylic acids is 2. The lowest BCUT2D eigenvalue weighted by atomic mass is 10.2. The summed E-state index contributed by atoms with van der Waals surface area (Å²) in [6.07, 6.45) is 4.28. The van der Waals surface area contributed by atoms with Crippen molar-refractivity contribution < 1.29 is 18.4 Å². The van der Waals surface area contributed by atoms with Gasteiger partial charge in [-0.1, -0.05) is 12.1 Å². The van der Waals surface area contributed by atoms with E-state index in [4.69, 9.17) is 4.42 Å². The maximum atomic E-state index is 13.7. The van der Waals surface area contributed by atoms with Gasteiger partial charge in [0.05, 0.1) is 17.5 Å². The summed E-state index contributed by atoms with van der Waals surface area (Å²) in [4.78, 5) is 36.7. The monoisotopic (exact) mass is 395 g/mol. The van der Waals surface area contributed by atoms with Crippen molar-refractivity contribution in [1.29, 1.82) is 0 Å². The van der Waals surface area contributed by atoms with Crippen molar-refractivity contribution in [3.05, 3.63) is 72.2 Å². The highest BCUT2D eigenvalue weighted by molar-refractivity contribution is 6.03. The number of piperazine rings is 1. The van der Waals surface area contributed by atoms with Crippen LogP contribution in [0.5, 0.6) is 0 Å². The van der Waals surface area contributed by atoms with Crippen LogP contribution in [0, 0.1) is 5.82 Å². The Hall–Kier alpha value is -3.75. The number of hydrogen-bond acceptors (Lipinski definition) is 6. The van der Waals surface area contributed by atoms with Crippen molar-refractivity contribution in [1.82, 2.24) is 14.9 Å². The molecule has 1 N–H and O–H groups in total. The van der Waals surface area contributed by atoms with Crippen molar-refractivity contribution in [2.75, 3.05) is 36.4 Å². The molecule has 148 valence electrons. The van der Waals surface area contributed by atoms with E-state index in [9.17, 15) is 14.0 Å². The summed E-state index contributed by atoms with van der Waals surface area (Å²) in [7, 11) is 0. The molecule has 4 rings (SSSR count). The molecule has 29 heavy (non-hydrogen) atoms.